The Morgan fingerprint density at radius 1 is 1.35 bits per heavy atom. The van der Waals surface area contributed by atoms with Crippen molar-refractivity contribution in [3.63, 3.8) is 0 Å². The van der Waals surface area contributed by atoms with Crippen LogP contribution >= 0.6 is 0 Å². The zero-order valence-electron chi connectivity index (χ0n) is 11.8. The second kappa shape index (κ2) is 8.90. The maximum atomic E-state index is 13.5. The summed E-state index contributed by atoms with van der Waals surface area (Å²) in [5.74, 6) is -0.0243. The second-order valence-electron chi connectivity index (χ2n) is 4.04. The van der Waals surface area contributed by atoms with Crippen LogP contribution in [0.5, 0.6) is 0 Å². The molecule has 110 valence electrons. The van der Waals surface area contributed by atoms with Gasteiger partial charge in [0.05, 0.1) is 20.1 Å². The number of nitrogens with one attached hydrogen (secondary N) is 2. The minimum Gasteiger partial charge on any atom is -0.469 e. The average molecular weight is 281 g/mol. The van der Waals surface area contributed by atoms with Gasteiger partial charge in [-0.2, -0.15) is 0 Å². The zero-order valence-corrected chi connectivity index (χ0v) is 11.8. The van der Waals surface area contributed by atoms with E-state index >= 15 is 0 Å². The molecule has 1 rings (SSSR count). The van der Waals surface area contributed by atoms with Gasteiger partial charge in [-0.25, -0.2) is 9.38 Å². The van der Waals surface area contributed by atoms with E-state index in [-0.39, 0.29) is 24.8 Å². The van der Waals surface area contributed by atoms with E-state index in [0.717, 1.165) is 0 Å². The number of guanidine groups is 1. The standard InChI is InChI=1S/C14H20FN3O2/c1-3-16-14(17-9-8-13(19)20-2)18-10-11-6-4-5-7-12(11)15/h4-7H,3,8-10H2,1-2H3,(H2,16,17,18). The number of halogens is 1. The first-order chi connectivity index (χ1) is 9.67. The first-order valence-electron chi connectivity index (χ1n) is 6.49. The summed E-state index contributed by atoms with van der Waals surface area (Å²) in [6.07, 6.45) is 0.251. The summed E-state index contributed by atoms with van der Waals surface area (Å²) in [4.78, 5) is 15.3. The van der Waals surface area contributed by atoms with Crippen LogP contribution in [0.3, 0.4) is 0 Å². The van der Waals surface area contributed by atoms with Gasteiger partial charge in [-0.3, -0.25) is 4.79 Å². The lowest BCUT2D eigenvalue weighted by molar-refractivity contribution is -0.140. The Labute approximate surface area is 118 Å². The van der Waals surface area contributed by atoms with E-state index in [1.807, 2.05) is 6.92 Å². The van der Waals surface area contributed by atoms with Crippen molar-refractivity contribution in [3.05, 3.63) is 35.6 Å². The number of ether oxygens (including phenoxy) is 1. The van der Waals surface area contributed by atoms with Crippen molar-refractivity contribution in [1.29, 1.82) is 0 Å². The normalized spacial score (nSPS) is 11.1. The number of rotatable bonds is 6. The Morgan fingerprint density at radius 3 is 2.75 bits per heavy atom. The molecule has 0 amide bonds. The Kier molecular flexibility index (Phi) is 7.10. The first kappa shape index (κ1) is 15.9. The van der Waals surface area contributed by atoms with E-state index in [9.17, 15) is 9.18 Å². The van der Waals surface area contributed by atoms with Gasteiger partial charge in [0, 0.05) is 18.7 Å². The van der Waals surface area contributed by atoms with Gasteiger partial charge in [0.2, 0.25) is 0 Å². The van der Waals surface area contributed by atoms with Gasteiger partial charge in [0.1, 0.15) is 5.82 Å². The summed E-state index contributed by atoms with van der Waals surface area (Å²) >= 11 is 0. The Balaban J connectivity index is 2.54. The van der Waals surface area contributed by atoms with Crippen molar-refractivity contribution in [3.8, 4) is 0 Å². The molecule has 0 atom stereocenters. The van der Waals surface area contributed by atoms with Gasteiger partial charge in [0.15, 0.2) is 5.96 Å². The van der Waals surface area contributed by atoms with Crippen LogP contribution in [0.1, 0.15) is 18.9 Å². The van der Waals surface area contributed by atoms with E-state index in [2.05, 4.69) is 20.4 Å². The highest BCUT2D eigenvalue weighted by atomic mass is 19.1. The molecule has 0 bridgehead atoms. The summed E-state index contributed by atoms with van der Waals surface area (Å²) < 4.78 is 18.0. The molecule has 0 spiro atoms. The maximum absolute atomic E-state index is 13.5. The van der Waals surface area contributed by atoms with Crippen LogP contribution in [0, 0.1) is 5.82 Å². The summed E-state index contributed by atoms with van der Waals surface area (Å²) in [5.41, 5.74) is 0.526. The van der Waals surface area contributed by atoms with Crippen molar-refractivity contribution >= 4 is 11.9 Å². The van der Waals surface area contributed by atoms with Gasteiger partial charge in [-0.15, -0.1) is 0 Å². The van der Waals surface area contributed by atoms with Crippen LogP contribution in [-0.2, 0) is 16.1 Å². The molecule has 0 aliphatic carbocycles. The van der Waals surface area contributed by atoms with Crippen LogP contribution < -0.4 is 10.6 Å². The molecule has 1 aromatic rings. The van der Waals surface area contributed by atoms with Crippen LogP contribution in [0.25, 0.3) is 0 Å². The van der Waals surface area contributed by atoms with E-state index in [1.54, 1.807) is 18.2 Å². The van der Waals surface area contributed by atoms with Gasteiger partial charge in [0.25, 0.3) is 0 Å². The number of carbonyl (C=O) groups excluding carboxylic acids is 1. The third kappa shape index (κ3) is 5.69. The molecule has 1 aromatic carbocycles. The summed E-state index contributed by atoms with van der Waals surface area (Å²) in [6, 6.07) is 6.51. The zero-order chi connectivity index (χ0) is 14.8. The van der Waals surface area contributed by atoms with Crippen LogP contribution in [0.15, 0.2) is 29.3 Å². The quantitative estimate of drug-likeness (QED) is 0.470. The monoisotopic (exact) mass is 281 g/mol. The molecule has 0 heterocycles. The molecule has 0 aliphatic heterocycles. The van der Waals surface area contributed by atoms with Crippen LogP contribution in [-0.4, -0.2) is 32.1 Å². The van der Waals surface area contributed by atoms with Crippen molar-refractivity contribution in [2.45, 2.75) is 19.9 Å². The lowest BCUT2D eigenvalue weighted by atomic mass is 10.2. The molecular formula is C14H20FN3O2. The number of hydrogen-bond acceptors (Lipinski definition) is 3. The lowest BCUT2D eigenvalue weighted by Crippen LogP contribution is -2.38. The number of benzene rings is 1. The first-order valence-corrected chi connectivity index (χ1v) is 6.49. The highest BCUT2D eigenvalue weighted by Crippen LogP contribution is 2.07. The Bertz CT molecular complexity index is 463. The average Bonchev–Trinajstić information content (AvgIpc) is 2.46. The molecule has 2 N–H and O–H groups in total. The number of methoxy groups -OCH3 is 1. The topological polar surface area (TPSA) is 62.7 Å². The minimum absolute atomic E-state index is 0.236. The van der Waals surface area contributed by atoms with E-state index < -0.39 is 0 Å². The van der Waals surface area contributed by atoms with Gasteiger partial charge in [-0.1, -0.05) is 18.2 Å². The molecule has 0 saturated heterocycles. The fraction of sp³-hybridized carbons (Fsp3) is 0.429. The van der Waals surface area contributed by atoms with Crippen molar-refractivity contribution in [2.75, 3.05) is 20.2 Å². The number of aliphatic imine (C=N–C) groups is 1. The fourth-order valence-electron chi connectivity index (χ4n) is 1.52. The van der Waals surface area contributed by atoms with Gasteiger partial charge >= 0.3 is 5.97 Å². The second-order valence-corrected chi connectivity index (χ2v) is 4.04. The predicted octanol–water partition coefficient (Wildman–Crippen LogP) is 1.44. The van der Waals surface area contributed by atoms with E-state index in [1.165, 1.54) is 13.2 Å². The third-order valence-electron chi connectivity index (χ3n) is 2.56. The molecular weight excluding hydrogens is 261 g/mol. The molecule has 0 saturated carbocycles. The summed E-state index contributed by atoms with van der Waals surface area (Å²) in [5, 5.41) is 6.02. The van der Waals surface area contributed by atoms with E-state index in [0.29, 0.717) is 24.6 Å². The Morgan fingerprint density at radius 2 is 2.10 bits per heavy atom. The highest BCUT2D eigenvalue weighted by molar-refractivity contribution is 5.80. The van der Waals surface area contributed by atoms with Gasteiger partial charge in [-0.05, 0) is 13.0 Å². The smallest absolute Gasteiger partial charge is 0.307 e. The molecule has 0 aliphatic rings. The fourth-order valence-corrected chi connectivity index (χ4v) is 1.52. The third-order valence-corrected chi connectivity index (χ3v) is 2.56. The van der Waals surface area contributed by atoms with Crippen molar-refractivity contribution in [1.82, 2.24) is 10.6 Å². The highest BCUT2D eigenvalue weighted by Gasteiger charge is 2.03. The predicted molar refractivity (Wildman–Crippen MR) is 75.9 cm³/mol. The van der Waals surface area contributed by atoms with Crippen molar-refractivity contribution in [2.24, 2.45) is 4.99 Å². The van der Waals surface area contributed by atoms with Crippen LogP contribution in [0.2, 0.25) is 0 Å². The Hall–Kier alpha value is -2.11. The molecule has 5 nitrogen and oxygen atoms in total. The number of carbonyl (C=O) groups is 1. The molecule has 20 heavy (non-hydrogen) atoms. The summed E-state index contributed by atoms with van der Waals surface area (Å²) in [7, 11) is 1.35. The van der Waals surface area contributed by atoms with E-state index in [4.69, 9.17) is 0 Å². The SMILES string of the molecule is CCNC(=NCc1ccccc1F)NCCC(=O)OC. The van der Waals surface area contributed by atoms with Crippen LogP contribution in [0.4, 0.5) is 4.39 Å². The molecule has 0 radical (unpaired) electrons. The minimum atomic E-state index is -0.289. The lowest BCUT2D eigenvalue weighted by Gasteiger charge is -2.10. The van der Waals surface area contributed by atoms with Crippen molar-refractivity contribution < 1.29 is 13.9 Å². The summed E-state index contributed by atoms with van der Waals surface area (Å²) in [6.45, 7) is 3.26. The van der Waals surface area contributed by atoms with Gasteiger partial charge < -0.3 is 15.4 Å². The number of nitrogens with zero attached hydrogens (tertiary/aromatic N) is 1. The molecule has 0 aromatic heterocycles. The largest absolute Gasteiger partial charge is 0.469 e. The number of hydrogen-bond donors (Lipinski definition) is 2. The maximum Gasteiger partial charge on any atom is 0.307 e. The molecule has 6 heteroatoms. The molecule has 0 unspecified atom stereocenters. The molecule has 0 fully saturated rings. The number of esters is 1.